The van der Waals surface area contributed by atoms with Gasteiger partial charge < -0.3 is 5.32 Å². The summed E-state index contributed by atoms with van der Waals surface area (Å²) in [6, 6.07) is 10.1. The lowest BCUT2D eigenvalue weighted by Gasteiger charge is -2.03. The summed E-state index contributed by atoms with van der Waals surface area (Å²) in [5.41, 5.74) is 4.99. The van der Waals surface area contributed by atoms with Crippen molar-refractivity contribution >= 4 is 11.6 Å². The highest BCUT2D eigenvalue weighted by Gasteiger charge is 2.58. The van der Waals surface area contributed by atoms with E-state index < -0.39 is 0 Å². The number of rotatable bonds is 4. The van der Waals surface area contributed by atoms with Crippen molar-refractivity contribution in [3.8, 4) is 0 Å². The lowest BCUT2D eigenvalue weighted by atomic mass is 10.1. The van der Waals surface area contributed by atoms with Gasteiger partial charge in [-0.05, 0) is 29.7 Å². The normalized spacial score (nSPS) is 23.2. The van der Waals surface area contributed by atoms with E-state index in [9.17, 15) is 4.79 Å². The molecule has 0 radical (unpaired) electrons. The van der Waals surface area contributed by atoms with E-state index in [1.165, 1.54) is 5.56 Å². The van der Waals surface area contributed by atoms with Crippen LogP contribution in [0.1, 0.15) is 46.6 Å². The Bertz CT molecular complexity index is 957. The molecule has 1 fully saturated rings. The van der Waals surface area contributed by atoms with Gasteiger partial charge in [0.05, 0.1) is 18.4 Å². The summed E-state index contributed by atoms with van der Waals surface area (Å²) < 4.78 is 1.82. The molecule has 25 heavy (non-hydrogen) atoms. The van der Waals surface area contributed by atoms with E-state index in [1.54, 1.807) is 6.20 Å². The minimum absolute atomic E-state index is 0.159. The first-order valence-electron chi connectivity index (χ1n) is 8.57. The summed E-state index contributed by atoms with van der Waals surface area (Å²) in [5, 5.41) is 14.6. The van der Waals surface area contributed by atoms with Gasteiger partial charge in [0.1, 0.15) is 0 Å². The highest BCUT2D eigenvalue weighted by Crippen LogP contribution is 2.66. The minimum atomic E-state index is -0.159. The van der Waals surface area contributed by atoms with Gasteiger partial charge >= 0.3 is 0 Å². The van der Waals surface area contributed by atoms with Crippen LogP contribution in [0.15, 0.2) is 42.7 Å². The molecule has 1 saturated carbocycles. The van der Waals surface area contributed by atoms with Gasteiger partial charge in [-0.15, -0.1) is 0 Å². The average molecular weight is 333 g/mol. The minimum Gasteiger partial charge on any atom is -0.318 e. The van der Waals surface area contributed by atoms with Crippen LogP contribution in [0.3, 0.4) is 0 Å². The van der Waals surface area contributed by atoms with Crippen LogP contribution in [0, 0.1) is 5.41 Å². The van der Waals surface area contributed by atoms with Crippen LogP contribution in [-0.2, 0) is 13.0 Å². The average Bonchev–Trinajstić information content (AvgIpc) is 2.97. The summed E-state index contributed by atoms with van der Waals surface area (Å²) in [6.45, 7) is 2.95. The number of nitrogens with one attached hydrogen (secondary N) is 2. The Hall–Kier alpha value is -2.89. The molecule has 2 unspecified atom stereocenters. The molecule has 0 bridgehead atoms. The van der Waals surface area contributed by atoms with Gasteiger partial charge in [0.25, 0.3) is 5.91 Å². The van der Waals surface area contributed by atoms with Crippen LogP contribution >= 0.6 is 0 Å². The van der Waals surface area contributed by atoms with Gasteiger partial charge in [-0.2, -0.15) is 10.2 Å². The second-order valence-electron chi connectivity index (χ2n) is 7.42. The van der Waals surface area contributed by atoms with Gasteiger partial charge in [-0.3, -0.25) is 14.6 Å². The van der Waals surface area contributed by atoms with Crippen molar-refractivity contribution in [3.63, 3.8) is 0 Å². The number of H-pyrrole nitrogens is 1. The van der Waals surface area contributed by atoms with E-state index in [4.69, 9.17) is 0 Å². The van der Waals surface area contributed by atoms with E-state index in [1.807, 2.05) is 29.1 Å². The monoisotopic (exact) mass is 333 g/mol. The molecule has 0 spiro atoms. The SMILES string of the molecule is CC12Cc3[nH]nc(C(=O)Nc4cnn(Cc5ccccc5)c4)c3C1C2. The Morgan fingerprint density at radius 2 is 2.24 bits per heavy atom. The van der Waals surface area contributed by atoms with E-state index in [-0.39, 0.29) is 5.91 Å². The number of anilines is 1. The second kappa shape index (κ2) is 5.05. The maximum atomic E-state index is 12.6. The molecule has 2 aromatic heterocycles. The number of amides is 1. The fourth-order valence-electron chi connectivity index (χ4n) is 4.00. The quantitative estimate of drug-likeness (QED) is 0.771. The summed E-state index contributed by atoms with van der Waals surface area (Å²) in [4.78, 5) is 12.6. The zero-order valence-corrected chi connectivity index (χ0v) is 14.0. The van der Waals surface area contributed by atoms with Crippen LogP contribution in [0.4, 0.5) is 5.69 Å². The predicted molar refractivity (Wildman–Crippen MR) is 93.5 cm³/mol. The van der Waals surface area contributed by atoms with Gasteiger partial charge in [-0.1, -0.05) is 37.3 Å². The van der Waals surface area contributed by atoms with Gasteiger partial charge in [-0.25, -0.2) is 0 Å². The number of hydrogen-bond acceptors (Lipinski definition) is 3. The number of carbonyl (C=O) groups is 1. The van der Waals surface area contributed by atoms with Crippen molar-refractivity contribution in [2.75, 3.05) is 5.32 Å². The molecule has 1 amide bonds. The Kier molecular flexibility index (Phi) is 2.92. The number of fused-ring (bicyclic) bond motifs is 3. The van der Waals surface area contributed by atoms with Crippen LogP contribution < -0.4 is 5.32 Å². The van der Waals surface area contributed by atoms with E-state index in [2.05, 4.69) is 39.7 Å². The lowest BCUT2D eigenvalue weighted by molar-refractivity contribution is 0.102. The van der Waals surface area contributed by atoms with Crippen molar-refractivity contribution in [3.05, 3.63) is 65.2 Å². The number of nitrogens with zero attached hydrogens (tertiary/aromatic N) is 3. The molecule has 0 aliphatic heterocycles. The zero-order valence-electron chi connectivity index (χ0n) is 14.0. The maximum Gasteiger partial charge on any atom is 0.276 e. The van der Waals surface area contributed by atoms with Gasteiger partial charge in [0, 0.05) is 17.5 Å². The third kappa shape index (κ3) is 2.36. The largest absolute Gasteiger partial charge is 0.318 e. The molecule has 2 aliphatic rings. The summed E-state index contributed by atoms with van der Waals surface area (Å²) in [7, 11) is 0. The highest BCUT2D eigenvalue weighted by molar-refractivity contribution is 6.04. The first-order valence-corrected chi connectivity index (χ1v) is 8.57. The number of hydrogen-bond donors (Lipinski definition) is 2. The fourth-order valence-corrected chi connectivity index (χ4v) is 4.00. The van der Waals surface area contributed by atoms with Crippen molar-refractivity contribution in [1.29, 1.82) is 0 Å². The van der Waals surface area contributed by atoms with Gasteiger partial charge in [0.15, 0.2) is 5.69 Å². The van der Waals surface area contributed by atoms with E-state index in [0.717, 1.165) is 24.1 Å². The predicted octanol–water partition coefficient (Wildman–Crippen LogP) is 2.96. The third-order valence-electron chi connectivity index (χ3n) is 5.46. The zero-order chi connectivity index (χ0) is 17.0. The Balaban J connectivity index is 1.31. The molecule has 2 N–H and O–H groups in total. The summed E-state index contributed by atoms with van der Waals surface area (Å²) in [6.07, 6.45) is 5.69. The molecule has 2 aliphatic carbocycles. The molecule has 126 valence electrons. The molecule has 5 rings (SSSR count). The molecule has 6 nitrogen and oxygen atoms in total. The van der Waals surface area contributed by atoms with Crippen LogP contribution in [0.2, 0.25) is 0 Å². The Labute approximate surface area is 145 Å². The third-order valence-corrected chi connectivity index (χ3v) is 5.46. The van der Waals surface area contributed by atoms with E-state index >= 15 is 0 Å². The molecule has 1 aromatic carbocycles. The van der Waals surface area contributed by atoms with E-state index in [0.29, 0.717) is 29.3 Å². The fraction of sp³-hybridized carbons (Fsp3) is 0.316. The van der Waals surface area contributed by atoms with Crippen molar-refractivity contribution in [2.45, 2.75) is 32.2 Å². The summed E-state index contributed by atoms with van der Waals surface area (Å²) >= 11 is 0. The molecular weight excluding hydrogens is 314 g/mol. The molecule has 0 saturated heterocycles. The number of carbonyl (C=O) groups excluding carboxylic acids is 1. The Morgan fingerprint density at radius 3 is 3.08 bits per heavy atom. The highest BCUT2D eigenvalue weighted by atomic mass is 16.2. The summed E-state index contributed by atoms with van der Waals surface area (Å²) in [5.74, 6) is 0.329. The van der Waals surface area contributed by atoms with Crippen molar-refractivity contribution in [2.24, 2.45) is 5.41 Å². The molecule has 3 aromatic rings. The molecule has 2 heterocycles. The molecular formula is C19H19N5O. The standard InChI is InChI=1S/C19H19N5O/c1-19-7-14(19)16-15(8-19)22-23-17(16)18(25)21-13-9-20-24(11-13)10-12-5-3-2-4-6-12/h2-6,9,11,14H,7-8,10H2,1H3,(H,21,25)(H,22,23). The van der Waals surface area contributed by atoms with Gasteiger partial charge in [0.2, 0.25) is 0 Å². The number of benzene rings is 1. The van der Waals surface area contributed by atoms with Crippen molar-refractivity contribution < 1.29 is 4.79 Å². The van der Waals surface area contributed by atoms with Crippen molar-refractivity contribution in [1.82, 2.24) is 20.0 Å². The molecule has 2 atom stereocenters. The second-order valence-corrected chi connectivity index (χ2v) is 7.42. The van der Waals surface area contributed by atoms with Crippen LogP contribution in [-0.4, -0.2) is 25.9 Å². The number of aromatic nitrogens is 4. The molecule has 6 heteroatoms. The lowest BCUT2D eigenvalue weighted by Crippen LogP contribution is -2.14. The van der Waals surface area contributed by atoms with Crippen LogP contribution in [0.25, 0.3) is 0 Å². The smallest absolute Gasteiger partial charge is 0.276 e. The first-order chi connectivity index (χ1) is 12.1. The number of aromatic amines is 1. The first kappa shape index (κ1) is 14.5. The topological polar surface area (TPSA) is 75.6 Å². The Morgan fingerprint density at radius 1 is 1.40 bits per heavy atom. The maximum absolute atomic E-state index is 12.6. The van der Waals surface area contributed by atoms with Crippen LogP contribution in [0.5, 0.6) is 0 Å².